The lowest BCUT2D eigenvalue weighted by molar-refractivity contribution is 0.276. The number of thiophene rings is 1. The fourth-order valence-corrected chi connectivity index (χ4v) is 4.33. The molecule has 0 fully saturated rings. The lowest BCUT2D eigenvalue weighted by atomic mass is 10.1. The van der Waals surface area contributed by atoms with Crippen LogP contribution >= 0.6 is 19.6 Å². The Hall–Kier alpha value is -1.17. The number of ether oxygens (including phenoxy) is 1. The number of unbranched alkanes of at least 4 members (excludes halogenated alkanes) is 6. The lowest BCUT2D eigenvalue weighted by Crippen LogP contribution is -2.16. The molecule has 0 aliphatic rings. The van der Waals surface area contributed by atoms with Gasteiger partial charge in [-0.2, -0.15) is 0 Å². The lowest BCUT2D eigenvalue weighted by Gasteiger charge is -2.13. The second-order valence-electron chi connectivity index (χ2n) is 7.42. The van der Waals surface area contributed by atoms with Crippen molar-refractivity contribution in [1.29, 1.82) is 0 Å². The van der Waals surface area contributed by atoms with Crippen molar-refractivity contribution in [3.63, 3.8) is 0 Å². The van der Waals surface area contributed by atoms with Crippen LogP contribution in [0.4, 0.5) is 0 Å². The highest BCUT2D eigenvalue weighted by molar-refractivity contribution is 7.32. The van der Waals surface area contributed by atoms with Crippen molar-refractivity contribution in [2.75, 3.05) is 19.8 Å². The van der Waals surface area contributed by atoms with E-state index in [1.54, 1.807) is 11.3 Å². The van der Waals surface area contributed by atoms with E-state index in [9.17, 15) is 4.57 Å². The number of hydrogen-bond donors (Lipinski definition) is 2. The van der Waals surface area contributed by atoms with E-state index in [0.29, 0.717) is 13.0 Å². The van der Waals surface area contributed by atoms with Gasteiger partial charge in [-0.3, -0.25) is 4.57 Å². The zero-order chi connectivity index (χ0) is 21.4. The van der Waals surface area contributed by atoms with Crippen molar-refractivity contribution in [3.8, 4) is 16.2 Å². The van der Waals surface area contributed by atoms with E-state index in [1.807, 2.05) is 0 Å². The summed E-state index contributed by atoms with van der Waals surface area (Å²) in [6.07, 6.45) is 9.66. The first kappa shape index (κ1) is 25.1. The maximum absolute atomic E-state index is 10.5. The Morgan fingerprint density at radius 2 is 1.83 bits per heavy atom. The standard InChI is InChI=1S/C23H36NO4PS/c1-2-3-4-5-6-7-8-15-27-22-13-12-20(18-21(22)23-11-9-17-30-23)19-24-14-10-16-28-29(25)26/h9,11-13,17-18,24,29H,2-8,10,14-16,19H2,1H3,(H,25,26). The van der Waals surface area contributed by atoms with Crippen LogP contribution < -0.4 is 10.1 Å². The smallest absolute Gasteiger partial charge is 0.316 e. The molecule has 1 heterocycles. The van der Waals surface area contributed by atoms with Gasteiger partial charge in [0.2, 0.25) is 0 Å². The van der Waals surface area contributed by atoms with Gasteiger partial charge in [0.15, 0.2) is 0 Å². The quantitative estimate of drug-likeness (QED) is 0.214. The van der Waals surface area contributed by atoms with Gasteiger partial charge >= 0.3 is 8.25 Å². The van der Waals surface area contributed by atoms with E-state index in [-0.39, 0.29) is 0 Å². The van der Waals surface area contributed by atoms with E-state index in [0.717, 1.165) is 37.4 Å². The molecular formula is C23H36NO4PS. The Labute approximate surface area is 185 Å². The average molecular weight is 454 g/mol. The van der Waals surface area contributed by atoms with Gasteiger partial charge in [-0.1, -0.05) is 57.6 Å². The predicted octanol–water partition coefficient (Wildman–Crippen LogP) is 6.42. The summed E-state index contributed by atoms with van der Waals surface area (Å²) in [6.45, 7) is 4.79. The molecule has 2 aromatic rings. The highest BCUT2D eigenvalue weighted by atomic mass is 32.1. The molecule has 0 saturated carbocycles. The molecular weight excluding hydrogens is 417 g/mol. The van der Waals surface area contributed by atoms with Crippen molar-refractivity contribution in [1.82, 2.24) is 5.32 Å². The third-order valence-corrected chi connectivity index (χ3v) is 6.24. The van der Waals surface area contributed by atoms with Crippen LogP contribution in [0.15, 0.2) is 35.7 Å². The zero-order valence-electron chi connectivity index (χ0n) is 18.0. The zero-order valence-corrected chi connectivity index (χ0v) is 19.8. The minimum Gasteiger partial charge on any atom is -0.493 e. The predicted molar refractivity (Wildman–Crippen MR) is 127 cm³/mol. The summed E-state index contributed by atoms with van der Waals surface area (Å²) >= 11 is 1.72. The van der Waals surface area contributed by atoms with Crippen molar-refractivity contribution in [2.24, 2.45) is 0 Å². The summed E-state index contributed by atoms with van der Waals surface area (Å²) in [5.41, 5.74) is 2.34. The van der Waals surface area contributed by atoms with E-state index in [2.05, 4.69) is 48.0 Å². The summed E-state index contributed by atoms with van der Waals surface area (Å²) in [4.78, 5) is 9.88. The highest BCUT2D eigenvalue weighted by Crippen LogP contribution is 2.34. The molecule has 0 saturated heterocycles. The Balaban J connectivity index is 1.80. The second-order valence-corrected chi connectivity index (χ2v) is 9.19. The first-order valence-corrected chi connectivity index (χ1v) is 13.2. The van der Waals surface area contributed by atoms with Crippen LogP contribution in [-0.2, 0) is 15.6 Å². The third-order valence-electron chi connectivity index (χ3n) is 4.89. The molecule has 1 aromatic heterocycles. The topological polar surface area (TPSA) is 67.8 Å². The van der Waals surface area contributed by atoms with Crippen molar-refractivity contribution in [3.05, 3.63) is 41.3 Å². The third kappa shape index (κ3) is 10.2. The normalized spacial score (nSPS) is 12.2. The first-order chi connectivity index (χ1) is 14.7. The second kappa shape index (κ2) is 15.6. The van der Waals surface area contributed by atoms with Crippen LogP contribution in [0.1, 0.15) is 63.9 Å². The Morgan fingerprint density at radius 1 is 1.03 bits per heavy atom. The molecule has 0 amide bonds. The molecule has 1 unspecified atom stereocenters. The van der Waals surface area contributed by atoms with Crippen LogP contribution in [0.3, 0.4) is 0 Å². The minimum atomic E-state index is -2.82. The van der Waals surface area contributed by atoms with Crippen LogP contribution in [0, 0.1) is 0 Å². The van der Waals surface area contributed by atoms with Crippen LogP contribution in [0.2, 0.25) is 0 Å². The van der Waals surface area contributed by atoms with Crippen LogP contribution in [0.5, 0.6) is 5.75 Å². The van der Waals surface area contributed by atoms with Gasteiger partial charge in [0.25, 0.3) is 0 Å². The minimum absolute atomic E-state index is 0.299. The van der Waals surface area contributed by atoms with Crippen LogP contribution in [-0.4, -0.2) is 24.7 Å². The molecule has 2 N–H and O–H groups in total. The monoisotopic (exact) mass is 453 g/mol. The Bertz CT molecular complexity index is 724. The first-order valence-electron chi connectivity index (χ1n) is 11.1. The van der Waals surface area contributed by atoms with E-state index < -0.39 is 8.25 Å². The maximum atomic E-state index is 10.5. The van der Waals surface area contributed by atoms with Gasteiger partial charge in [-0.15, -0.1) is 11.3 Å². The molecule has 168 valence electrons. The number of benzene rings is 1. The van der Waals surface area contributed by atoms with E-state index in [1.165, 1.54) is 49.0 Å². The van der Waals surface area contributed by atoms with Crippen LogP contribution in [0.25, 0.3) is 10.4 Å². The summed E-state index contributed by atoms with van der Waals surface area (Å²) in [6, 6.07) is 10.6. The molecule has 0 aliphatic heterocycles. The highest BCUT2D eigenvalue weighted by Gasteiger charge is 2.09. The largest absolute Gasteiger partial charge is 0.493 e. The van der Waals surface area contributed by atoms with E-state index in [4.69, 9.17) is 14.2 Å². The molecule has 0 spiro atoms. The molecule has 0 bridgehead atoms. The summed E-state index contributed by atoms with van der Waals surface area (Å²) < 4.78 is 21.4. The number of nitrogens with one attached hydrogen (secondary N) is 1. The number of hydrogen-bond acceptors (Lipinski definition) is 5. The van der Waals surface area contributed by atoms with Crippen molar-refractivity contribution in [2.45, 2.75) is 64.8 Å². The Morgan fingerprint density at radius 3 is 2.57 bits per heavy atom. The van der Waals surface area contributed by atoms with Crippen molar-refractivity contribution >= 4 is 19.6 Å². The summed E-state index contributed by atoms with van der Waals surface area (Å²) in [5.74, 6) is 0.952. The molecule has 0 radical (unpaired) electrons. The van der Waals surface area contributed by atoms with Gasteiger partial charge in [-0.25, -0.2) is 0 Å². The average Bonchev–Trinajstić information content (AvgIpc) is 3.27. The summed E-state index contributed by atoms with van der Waals surface area (Å²) in [5, 5.41) is 5.45. The SMILES string of the molecule is CCCCCCCCCOc1ccc(CNCCCO[PH](=O)O)cc1-c1cccs1. The van der Waals surface area contributed by atoms with Crippen molar-refractivity contribution < 1.29 is 18.7 Å². The van der Waals surface area contributed by atoms with Gasteiger partial charge in [-0.05, 0) is 48.5 Å². The number of rotatable bonds is 17. The molecule has 1 atom stereocenters. The molecule has 0 aliphatic carbocycles. The summed E-state index contributed by atoms with van der Waals surface area (Å²) in [7, 11) is -2.82. The fourth-order valence-electron chi connectivity index (χ4n) is 3.27. The van der Waals surface area contributed by atoms with Gasteiger partial charge < -0.3 is 19.5 Å². The van der Waals surface area contributed by atoms with Gasteiger partial charge in [0.1, 0.15) is 5.75 Å². The van der Waals surface area contributed by atoms with Gasteiger partial charge in [0, 0.05) is 17.0 Å². The molecule has 1 aromatic carbocycles. The van der Waals surface area contributed by atoms with E-state index >= 15 is 0 Å². The molecule has 2 rings (SSSR count). The molecule has 5 nitrogen and oxygen atoms in total. The fraction of sp³-hybridized carbons (Fsp3) is 0.565. The molecule has 7 heteroatoms. The van der Waals surface area contributed by atoms with Gasteiger partial charge in [0.05, 0.1) is 13.2 Å². The maximum Gasteiger partial charge on any atom is 0.316 e. The molecule has 30 heavy (non-hydrogen) atoms. The Kier molecular flexibility index (Phi) is 13.1.